The van der Waals surface area contributed by atoms with Crippen molar-refractivity contribution in [1.29, 1.82) is 0 Å². The van der Waals surface area contributed by atoms with Crippen LogP contribution in [-0.4, -0.2) is 41.1 Å². The summed E-state index contributed by atoms with van der Waals surface area (Å²) in [5.41, 5.74) is -0.859. The Balaban J connectivity index is 2.87. The summed E-state index contributed by atoms with van der Waals surface area (Å²) in [4.78, 5) is 24.6. The summed E-state index contributed by atoms with van der Waals surface area (Å²) >= 11 is 0. The Hall–Kier alpha value is -2.30. The number of benzene rings is 1. The standard InChI is InChI=1S/C15H19NO4/c1-5-10-20-12-8-6-11(7-9-12)13(17)16(4)15(2,3)14(18)19/h5-9H,1,10H2,2-4H3,(H,18,19). The minimum atomic E-state index is -1.27. The van der Waals surface area contributed by atoms with Crippen LogP contribution in [0.25, 0.3) is 0 Å². The van der Waals surface area contributed by atoms with Crippen molar-refractivity contribution >= 4 is 11.9 Å². The van der Waals surface area contributed by atoms with Gasteiger partial charge in [0, 0.05) is 12.6 Å². The number of nitrogens with zero attached hydrogens (tertiary/aromatic N) is 1. The van der Waals surface area contributed by atoms with Crippen LogP contribution >= 0.6 is 0 Å². The second-order valence-electron chi connectivity index (χ2n) is 4.85. The molecule has 0 radical (unpaired) electrons. The van der Waals surface area contributed by atoms with E-state index in [4.69, 9.17) is 9.84 Å². The predicted octanol–water partition coefficient (Wildman–Crippen LogP) is 2.19. The molecule has 0 fully saturated rings. The molecule has 1 amide bonds. The number of aliphatic carboxylic acids is 1. The molecule has 0 bridgehead atoms. The Bertz CT molecular complexity index is 505. The molecule has 0 unspecified atom stereocenters. The Kier molecular flexibility index (Phi) is 4.91. The molecular formula is C15H19NO4. The second kappa shape index (κ2) is 6.23. The summed E-state index contributed by atoms with van der Waals surface area (Å²) in [6.45, 7) is 6.90. The normalized spacial score (nSPS) is 10.8. The van der Waals surface area contributed by atoms with E-state index in [1.54, 1.807) is 30.3 Å². The highest BCUT2D eigenvalue weighted by Gasteiger charge is 2.35. The summed E-state index contributed by atoms with van der Waals surface area (Å²) < 4.78 is 5.32. The van der Waals surface area contributed by atoms with Gasteiger partial charge in [0.25, 0.3) is 5.91 Å². The number of carboxylic acid groups (broad SMARTS) is 1. The molecule has 0 spiro atoms. The van der Waals surface area contributed by atoms with Crippen LogP contribution in [-0.2, 0) is 4.79 Å². The van der Waals surface area contributed by atoms with E-state index < -0.39 is 11.5 Å². The van der Waals surface area contributed by atoms with Crippen LogP contribution in [0.4, 0.5) is 0 Å². The molecule has 0 aliphatic carbocycles. The summed E-state index contributed by atoms with van der Waals surface area (Å²) in [6, 6.07) is 6.54. The zero-order valence-corrected chi connectivity index (χ0v) is 11.9. The van der Waals surface area contributed by atoms with E-state index in [0.29, 0.717) is 17.9 Å². The van der Waals surface area contributed by atoms with Gasteiger partial charge in [-0.05, 0) is 38.1 Å². The van der Waals surface area contributed by atoms with Crippen molar-refractivity contribution in [3.8, 4) is 5.75 Å². The Morgan fingerprint density at radius 3 is 2.35 bits per heavy atom. The van der Waals surface area contributed by atoms with Gasteiger partial charge in [-0.25, -0.2) is 4.79 Å². The van der Waals surface area contributed by atoms with Gasteiger partial charge < -0.3 is 14.7 Å². The van der Waals surface area contributed by atoms with E-state index in [9.17, 15) is 9.59 Å². The first-order valence-corrected chi connectivity index (χ1v) is 6.16. The predicted molar refractivity (Wildman–Crippen MR) is 75.9 cm³/mol. The molecule has 5 nitrogen and oxygen atoms in total. The van der Waals surface area contributed by atoms with E-state index in [0.717, 1.165) is 0 Å². The van der Waals surface area contributed by atoms with Gasteiger partial charge in [-0.3, -0.25) is 4.79 Å². The molecule has 1 aromatic carbocycles. The maximum Gasteiger partial charge on any atom is 0.329 e. The van der Waals surface area contributed by atoms with Gasteiger partial charge in [-0.15, -0.1) is 0 Å². The topological polar surface area (TPSA) is 66.8 Å². The molecule has 0 heterocycles. The lowest BCUT2D eigenvalue weighted by Gasteiger charge is -2.31. The lowest BCUT2D eigenvalue weighted by molar-refractivity contribution is -0.147. The van der Waals surface area contributed by atoms with Crippen LogP contribution < -0.4 is 4.74 Å². The fourth-order valence-corrected chi connectivity index (χ4v) is 1.44. The van der Waals surface area contributed by atoms with E-state index >= 15 is 0 Å². The van der Waals surface area contributed by atoms with Gasteiger partial charge >= 0.3 is 5.97 Å². The average Bonchev–Trinajstić information content (AvgIpc) is 2.43. The molecule has 1 N–H and O–H groups in total. The van der Waals surface area contributed by atoms with Gasteiger partial charge in [0.2, 0.25) is 0 Å². The van der Waals surface area contributed by atoms with Crippen molar-refractivity contribution in [2.24, 2.45) is 0 Å². The highest BCUT2D eigenvalue weighted by molar-refractivity contribution is 5.97. The molecule has 0 saturated heterocycles. The maximum absolute atomic E-state index is 12.2. The number of amides is 1. The average molecular weight is 277 g/mol. The lowest BCUT2D eigenvalue weighted by atomic mass is 10.0. The molecule has 0 atom stereocenters. The maximum atomic E-state index is 12.2. The Morgan fingerprint density at radius 2 is 1.90 bits per heavy atom. The van der Waals surface area contributed by atoms with Crippen molar-refractivity contribution in [2.45, 2.75) is 19.4 Å². The summed E-state index contributed by atoms with van der Waals surface area (Å²) in [5, 5.41) is 9.13. The third kappa shape index (κ3) is 3.38. The second-order valence-corrected chi connectivity index (χ2v) is 4.85. The molecule has 1 rings (SSSR count). The SMILES string of the molecule is C=CCOc1ccc(C(=O)N(C)C(C)(C)C(=O)O)cc1. The first kappa shape index (κ1) is 15.8. The van der Waals surface area contributed by atoms with Gasteiger partial charge in [-0.2, -0.15) is 0 Å². The molecule has 0 saturated carbocycles. The fourth-order valence-electron chi connectivity index (χ4n) is 1.44. The summed E-state index contributed by atoms with van der Waals surface area (Å²) in [6.07, 6.45) is 1.63. The summed E-state index contributed by atoms with van der Waals surface area (Å²) in [5.74, 6) is -0.784. The minimum Gasteiger partial charge on any atom is -0.490 e. The minimum absolute atomic E-state index is 0.354. The zero-order valence-electron chi connectivity index (χ0n) is 11.9. The van der Waals surface area contributed by atoms with E-state index in [1.165, 1.54) is 25.8 Å². The number of carbonyl (C=O) groups is 2. The molecule has 5 heteroatoms. The molecule has 0 aliphatic rings. The molecule has 0 aliphatic heterocycles. The largest absolute Gasteiger partial charge is 0.490 e. The van der Waals surface area contributed by atoms with Crippen molar-refractivity contribution < 1.29 is 19.4 Å². The van der Waals surface area contributed by atoms with Crippen LogP contribution in [0.1, 0.15) is 24.2 Å². The monoisotopic (exact) mass is 277 g/mol. The number of rotatable bonds is 6. The van der Waals surface area contributed by atoms with E-state index in [2.05, 4.69) is 6.58 Å². The Morgan fingerprint density at radius 1 is 1.35 bits per heavy atom. The summed E-state index contributed by atoms with van der Waals surface area (Å²) in [7, 11) is 1.47. The van der Waals surface area contributed by atoms with Crippen LogP contribution in [0.15, 0.2) is 36.9 Å². The van der Waals surface area contributed by atoms with Crippen LogP contribution in [0, 0.1) is 0 Å². The zero-order chi connectivity index (χ0) is 15.3. The number of ether oxygens (including phenoxy) is 1. The van der Waals surface area contributed by atoms with Crippen molar-refractivity contribution in [3.05, 3.63) is 42.5 Å². The third-order valence-corrected chi connectivity index (χ3v) is 3.14. The number of carbonyl (C=O) groups excluding carboxylic acids is 1. The van der Waals surface area contributed by atoms with Gasteiger partial charge in [0.15, 0.2) is 0 Å². The number of hydrogen-bond donors (Lipinski definition) is 1. The van der Waals surface area contributed by atoms with E-state index in [-0.39, 0.29) is 5.91 Å². The van der Waals surface area contributed by atoms with Gasteiger partial charge in [0.05, 0.1) is 0 Å². The molecule has 108 valence electrons. The number of likely N-dealkylation sites (N-methyl/N-ethyl adjacent to an activating group) is 1. The van der Waals surface area contributed by atoms with Gasteiger partial charge in [-0.1, -0.05) is 12.7 Å². The first-order chi connectivity index (χ1) is 9.30. The first-order valence-electron chi connectivity index (χ1n) is 6.16. The highest BCUT2D eigenvalue weighted by atomic mass is 16.5. The van der Waals surface area contributed by atoms with Crippen LogP contribution in [0.5, 0.6) is 5.75 Å². The highest BCUT2D eigenvalue weighted by Crippen LogP contribution is 2.18. The smallest absolute Gasteiger partial charge is 0.329 e. The van der Waals surface area contributed by atoms with E-state index in [1.807, 2.05) is 0 Å². The molecule has 1 aromatic rings. The molecule has 20 heavy (non-hydrogen) atoms. The fraction of sp³-hybridized carbons (Fsp3) is 0.333. The number of carboxylic acids is 1. The van der Waals surface area contributed by atoms with Crippen molar-refractivity contribution in [1.82, 2.24) is 4.90 Å². The lowest BCUT2D eigenvalue weighted by Crippen LogP contribution is -2.50. The Labute approximate surface area is 118 Å². The van der Waals surface area contributed by atoms with Gasteiger partial charge in [0.1, 0.15) is 17.9 Å². The number of hydrogen-bond acceptors (Lipinski definition) is 3. The molecular weight excluding hydrogens is 258 g/mol. The van der Waals surface area contributed by atoms with Crippen LogP contribution in [0.2, 0.25) is 0 Å². The molecule has 0 aromatic heterocycles. The van der Waals surface area contributed by atoms with Crippen LogP contribution in [0.3, 0.4) is 0 Å². The third-order valence-electron chi connectivity index (χ3n) is 3.14. The van der Waals surface area contributed by atoms with Crippen molar-refractivity contribution in [3.63, 3.8) is 0 Å². The quantitative estimate of drug-likeness (QED) is 0.809. The van der Waals surface area contributed by atoms with Crippen molar-refractivity contribution in [2.75, 3.05) is 13.7 Å².